The quantitative estimate of drug-likeness (QED) is 0.749. The maximum Gasteiger partial charge on any atom is 0.226 e. The minimum Gasteiger partial charge on any atom is -0.339 e. The molecule has 2 N–H and O–H groups in total. The van der Waals surface area contributed by atoms with Crippen molar-refractivity contribution in [3.05, 3.63) is 11.7 Å². The van der Waals surface area contributed by atoms with Gasteiger partial charge < -0.3 is 15.2 Å². The van der Waals surface area contributed by atoms with Gasteiger partial charge in [-0.3, -0.25) is 0 Å². The van der Waals surface area contributed by atoms with Crippen molar-refractivity contribution < 1.29 is 4.52 Å². The molecule has 1 aromatic rings. The summed E-state index contributed by atoms with van der Waals surface area (Å²) in [5.74, 6) is 1.33. The SMILES string of the molecule is CCCCc1nc(C(N)CN(CC)CC)no1. The fourth-order valence-corrected chi connectivity index (χ4v) is 1.69. The highest BCUT2D eigenvalue weighted by molar-refractivity contribution is 4.94. The number of aromatic nitrogens is 2. The van der Waals surface area contributed by atoms with Gasteiger partial charge in [0.1, 0.15) is 0 Å². The number of hydrogen-bond donors (Lipinski definition) is 1. The minimum absolute atomic E-state index is 0.158. The highest BCUT2D eigenvalue weighted by Gasteiger charge is 2.16. The monoisotopic (exact) mass is 240 g/mol. The first-order valence-electron chi connectivity index (χ1n) is 6.51. The van der Waals surface area contributed by atoms with Crippen LogP contribution in [0.3, 0.4) is 0 Å². The third kappa shape index (κ3) is 4.44. The zero-order chi connectivity index (χ0) is 12.7. The summed E-state index contributed by atoms with van der Waals surface area (Å²) >= 11 is 0. The molecule has 0 spiro atoms. The summed E-state index contributed by atoms with van der Waals surface area (Å²) in [5.41, 5.74) is 6.06. The second kappa shape index (κ2) is 7.40. The summed E-state index contributed by atoms with van der Waals surface area (Å²) < 4.78 is 5.18. The number of aryl methyl sites for hydroxylation is 1. The molecule has 5 heteroatoms. The second-order valence-corrected chi connectivity index (χ2v) is 4.24. The van der Waals surface area contributed by atoms with Crippen LogP contribution in [0.1, 0.15) is 51.4 Å². The molecular weight excluding hydrogens is 216 g/mol. The molecule has 0 aromatic carbocycles. The molecule has 0 radical (unpaired) electrons. The Hall–Kier alpha value is -0.940. The molecule has 1 atom stereocenters. The van der Waals surface area contributed by atoms with Crippen LogP contribution in [-0.4, -0.2) is 34.7 Å². The zero-order valence-corrected chi connectivity index (χ0v) is 11.1. The van der Waals surface area contributed by atoms with E-state index in [1.54, 1.807) is 0 Å². The van der Waals surface area contributed by atoms with Crippen LogP contribution in [0.25, 0.3) is 0 Å². The van der Waals surface area contributed by atoms with Gasteiger partial charge >= 0.3 is 0 Å². The lowest BCUT2D eigenvalue weighted by atomic mass is 10.2. The van der Waals surface area contributed by atoms with Gasteiger partial charge in [-0.15, -0.1) is 0 Å². The average molecular weight is 240 g/mol. The van der Waals surface area contributed by atoms with Gasteiger partial charge in [-0.25, -0.2) is 0 Å². The molecule has 0 aliphatic heterocycles. The van der Waals surface area contributed by atoms with Crippen molar-refractivity contribution in [2.45, 2.75) is 46.1 Å². The van der Waals surface area contributed by atoms with E-state index in [0.717, 1.165) is 38.9 Å². The first kappa shape index (κ1) is 14.1. The maximum atomic E-state index is 6.06. The van der Waals surface area contributed by atoms with Gasteiger partial charge in [0.25, 0.3) is 0 Å². The molecule has 17 heavy (non-hydrogen) atoms. The molecule has 1 heterocycles. The normalized spacial score (nSPS) is 13.2. The first-order valence-corrected chi connectivity index (χ1v) is 6.51. The predicted molar refractivity (Wildman–Crippen MR) is 67.6 cm³/mol. The summed E-state index contributed by atoms with van der Waals surface area (Å²) in [6.07, 6.45) is 3.05. The Kier molecular flexibility index (Phi) is 6.15. The fraction of sp³-hybridized carbons (Fsp3) is 0.833. The summed E-state index contributed by atoms with van der Waals surface area (Å²) in [4.78, 5) is 6.60. The minimum atomic E-state index is -0.158. The lowest BCUT2D eigenvalue weighted by Gasteiger charge is -2.20. The molecule has 1 unspecified atom stereocenters. The summed E-state index contributed by atoms with van der Waals surface area (Å²) in [5, 5.41) is 3.95. The zero-order valence-electron chi connectivity index (χ0n) is 11.1. The molecule has 0 aliphatic carbocycles. The molecule has 98 valence electrons. The van der Waals surface area contributed by atoms with Crippen molar-refractivity contribution in [3.63, 3.8) is 0 Å². The van der Waals surface area contributed by atoms with Crippen molar-refractivity contribution in [3.8, 4) is 0 Å². The van der Waals surface area contributed by atoms with Crippen LogP contribution in [-0.2, 0) is 6.42 Å². The van der Waals surface area contributed by atoms with E-state index >= 15 is 0 Å². The molecule has 0 saturated carbocycles. The summed E-state index contributed by atoms with van der Waals surface area (Å²) in [6, 6.07) is -0.158. The van der Waals surface area contributed by atoms with Gasteiger partial charge in [0.05, 0.1) is 6.04 Å². The molecule has 1 rings (SSSR count). The van der Waals surface area contributed by atoms with Crippen LogP contribution >= 0.6 is 0 Å². The standard InChI is InChI=1S/C12H24N4O/c1-4-7-8-11-14-12(15-17-11)10(13)9-16(5-2)6-3/h10H,4-9,13H2,1-3H3. The Bertz CT molecular complexity index is 309. The Morgan fingerprint density at radius 1 is 1.29 bits per heavy atom. The molecule has 0 amide bonds. The first-order chi connectivity index (χ1) is 8.21. The summed E-state index contributed by atoms with van der Waals surface area (Å²) in [7, 11) is 0. The lowest BCUT2D eigenvalue weighted by Crippen LogP contribution is -2.32. The molecule has 5 nitrogen and oxygen atoms in total. The van der Waals surface area contributed by atoms with E-state index in [2.05, 4.69) is 35.8 Å². The average Bonchev–Trinajstić information content (AvgIpc) is 2.82. The topological polar surface area (TPSA) is 68.2 Å². The smallest absolute Gasteiger partial charge is 0.226 e. The van der Waals surface area contributed by atoms with Crippen LogP contribution in [0.2, 0.25) is 0 Å². The number of unbranched alkanes of at least 4 members (excludes halogenated alkanes) is 1. The molecule has 0 aliphatic rings. The molecular formula is C12H24N4O. The van der Waals surface area contributed by atoms with Crippen molar-refractivity contribution in [1.82, 2.24) is 15.0 Å². The largest absolute Gasteiger partial charge is 0.339 e. The third-order valence-corrected chi connectivity index (χ3v) is 2.91. The Labute approximate surface area is 103 Å². The van der Waals surface area contributed by atoms with Crippen LogP contribution in [0.15, 0.2) is 4.52 Å². The number of hydrogen-bond acceptors (Lipinski definition) is 5. The van der Waals surface area contributed by atoms with Crippen LogP contribution in [0.4, 0.5) is 0 Å². The van der Waals surface area contributed by atoms with Gasteiger partial charge in [0.15, 0.2) is 5.82 Å². The van der Waals surface area contributed by atoms with Gasteiger partial charge in [-0.05, 0) is 19.5 Å². The Morgan fingerprint density at radius 3 is 2.59 bits per heavy atom. The predicted octanol–water partition coefficient (Wildman–Crippen LogP) is 1.75. The van der Waals surface area contributed by atoms with E-state index in [4.69, 9.17) is 10.3 Å². The van der Waals surface area contributed by atoms with Gasteiger partial charge in [0, 0.05) is 13.0 Å². The van der Waals surface area contributed by atoms with Crippen LogP contribution in [0.5, 0.6) is 0 Å². The van der Waals surface area contributed by atoms with E-state index in [9.17, 15) is 0 Å². The van der Waals surface area contributed by atoms with Crippen molar-refractivity contribution in [2.75, 3.05) is 19.6 Å². The van der Waals surface area contributed by atoms with Gasteiger partial charge in [-0.1, -0.05) is 32.3 Å². The second-order valence-electron chi connectivity index (χ2n) is 4.24. The van der Waals surface area contributed by atoms with Gasteiger partial charge in [-0.2, -0.15) is 4.98 Å². The number of rotatable bonds is 8. The van der Waals surface area contributed by atoms with E-state index in [1.807, 2.05) is 0 Å². The van der Waals surface area contributed by atoms with E-state index in [0.29, 0.717) is 11.7 Å². The van der Waals surface area contributed by atoms with Crippen molar-refractivity contribution >= 4 is 0 Å². The van der Waals surface area contributed by atoms with E-state index < -0.39 is 0 Å². The Balaban J connectivity index is 2.50. The highest BCUT2D eigenvalue weighted by Crippen LogP contribution is 2.10. The Morgan fingerprint density at radius 2 is 2.00 bits per heavy atom. The number of likely N-dealkylation sites (N-methyl/N-ethyl adjacent to an activating group) is 1. The fourth-order valence-electron chi connectivity index (χ4n) is 1.69. The van der Waals surface area contributed by atoms with Crippen LogP contribution in [0, 0.1) is 0 Å². The lowest BCUT2D eigenvalue weighted by molar-refractivity contribution is 0.277. The van der Waals surface area contributed by atoms with Crippen molar-refractivity contribution in [1.29, 1.82) is 0 Å². The maximum absolute atomic E-state index is 6.06. The molecule has 0 bridgehead atoms. The van der Waals surface area contributed by atoms with Crippen molar-refractivity contribution in [2.24, 2.45) is 5.73 Å². The van der Waals surface area contributed by atoms with Crippen LogP contribution < -0.4 is 5.73 Å². The summed E-state index contributed by atoms with van der Waals surface area (Å²) in [6.45, 7) is 9.15. The third-order valence-electron chi connectivity index (χ3n) is 2.91. The van der Waals surface area contributed by atoms with E-state index in [1.165, 1.54) is 0 Å². The van der Waals surface area contributed by atoms with Gasteiger partial charge in [0.2, 0.25) is 5.89 Å². The number of nitrogens with two attached hydrogens (primary N) is 1. The van der Waals surface area contributed by atoms with E-state index in [-0.39, 0.29) is 6.04 Å². The molecule has 1 aromatic heterocycles. The highest BCUT2D eigenvalue weighted by atomic mass is 16.5. The molecule has 0 saturated heterocycles. The number of nitrogens with zero attached hydrogens (tertiary/aromatic N) is 3. The molecule has 0 fully saturated rings.